The van der Waals surface area contributed by atoms with E-state index in [2.05, 4.69) is 9.72 Å². The number of nitrogens with zero attached hydrogens (tertiary/aromatic N) is 2. The van der Waals surface area contributed by atoms with Gasteiger partial charge in [0.15, 0.2) is 9.90 Å². The molecule has 0 saturated carbocycles. The molecule has 0 aliphatic rings. The first-order chi connectivity index (χ1) is 9.36. The minimum atomic E-state index is -3.81. The molecule has 114 valence electrons. The van der Waals surface area contributed by atoms with Crippen LogP contribution < -0.4 is 0 Å². The molecule has 0 aromatic carbocycles. The van der Waals surface area contributed by atoms with Gasteiger partial charge in [0.2, 0.25) is 0 Å². The zero-order valence-electron chi connectivity index (χ0n) is 11.8. The number of rotatable bonds is 7. The number of sulfonamides is 1. The molecule has 0 atom stereocenters. The summed E-state index contributed by atoms with van der Waals surface area (Å²) in [5.41, 5.74) is 1.13. The molecule has 0 unspecified atom stereocenters. The smallest absolute Gasteiger partial charge is 0.358 e. The van der Waals surface area contributed by atoms with Gasteiger partial charge in [0.05, 0.1) is 19.2 Å². The molecule has 0 radical (unpaired) electrons. The number of hydrogen-bond acceptors (Lipinski definition) is 7. The van der Waals surface area contributed by atoms with Gasteiger partial charge >= 0.3 is 5.97 Å². The van der Waals surface area contributed by atoms with Gasteiger partial charge in [0.1, 0.15) is 0 Å². The van der Waals surface area contributed by atoms with Gasteiger partial charge in [0, 0.05) is 19.7 Å². The van der Waals surface area contributed by atoms with Gasteiger partial charge in [-0.1, -0.05) is 0 Å². The number of methoxy groups -OCH3 is 2. The first kappa shape index (κ1) is 17.0. The summed E-state index contributed by atoms with van der Waals surface area (Å²) in [5, 5.41) is 0. The molecule has 1 aromatic heterocycles. The van der Waals surface area contributed by atoms with Crippen molar-refractivity contribution in [2.75, 3.05) is 27.4 Å². The van der Waals surface area contributed by atoms with Crippen LogP contribution in [0.2, 0.25) is 0 Å². The molecule has 0 fully saturated rings. The third-order valence-corrected chi connectivity index (χ3v) is 5.97. The van der Waals surface area contributed by atoms with Crippen LogP contribution in [-0.4, -0.2) is 57.1 Å². The van der Waals surface area contributed by atoms with Crippen molar-refractivity contribution >= 4 is 27.3 Å². The Labute approximate surface area is 122 Å². The SMILES string of the molecule is COCCN(C(C)C)S(=O)(=O)c1scnc1C(=O)OC. The number of carbonyl (C=O) groups excluding carboxylic acids is 1. The Balaban J connectivity index is 3.20. The monoisotopic (exact) mass is 322 g/mol. The van der Waals surface area contributed by atoms with E-state index in [1.54, 1.807) is 13.8 Å². The van der Waals surface area contributed by atoms with E-state index in [1.165, 1.54) is 24.0 Å². The summed E-state index contributed by atoms with van der Waals surface area (Å²) in [6.45, 7) is 3.98. The van der Waals surface area contributed by atoms with Crippen LogP contribution in [0.1, 0.15) is 24.3 Å². The van der Waals surface area contributed by atoms with Crippen LogP contribution in [0.15, 0.2) is 9.72 Å². The van der Waals surface area contributed by atoms with Crippen LogP contribution >= 0.6 is 11.3 Å². The fraction of sp³-hybridized carbons (Fsp3) is 0.636. The topological polar surface area (TPSA) is 85.8 Å². The number of thiazole rings is 1. The van der Waals surface area contributed by atoms with Gasteiger partial charge in [-0.2, -0.15) is 4.31 Å². The lowest BCUT2D eigenvalue weighted by molar-refractivity contribution is 0.0590. The number of esters is 1. The Morgan fingerprint density at radius 1 is 1.45 bits per heavy atom. The van der Waals surface area contributed by atoms with Crippen molar-refractivity contribution in [1.29, 1.82) is 0 Å². The predicted molar refractivity (Wildman–Crippen MR) is 74.4 cm³/mol. The minimum absolute atomic E-state index is 0.103. The van der Waals surface area contributed by atoms with Gasteiger partial charge in [-0.25, -0.2) is 18.2 Å². The maximum absolute atomic E-state index is 12.6. The van der Waals surface area contributed by atoms with E-state index in [0.717, 1.165) is 11.3 Å². The van der Waals surface area contributed by atoms with E-state index >= 15 is 0 Å². The van der Waals surface area contributed by atoms with E-state index in [0.29, 0.717) is 0 Å². The maximum atomic E-state index is 12.6. The van der Waals surface area contributed by atoms with Gasteiger partial charge < -0.3 is 9.47 Å². The highest BCUT2D eigenvalue weighted by molar-refractivity contribution is 7.91. The zero-order valence-corrected chi connectivity index (χ0v) is 13.5. The largest absolute Gasteiger partial charge is 0.464 e. The summed E-state index contributed by atoms with van der Waals surface area (Å²) in [4.78, 5) is 15.3. The van der Waals surface area contributed by atoms with Crippen LogP contribution in [0.5, 0.6) is 0 Å². The highest BCUT2D eigenvalue weighted by atomic mass is 32.2. The second-order valence-electron chi connectivity index (χ2n) is 4.18. The first-order valence-electron chi connectivity index (χ1n) is 5.88. The molecular weight excluding hydrogens is 304 g/mol. The highest BCUT2D eigenvalue weighted by Gasteiger charge is 2.33. The molecule has 20 heavy (non-hydrogen) atoms. The standard InChI is InChI=1S/C11H18N2O5S2/c1-8(2)13(5-6-17-3)20(15,16)11-9(10(14)18-4)12-7-19-11/h7-8H,5-6H2,1-4H3. The summed E-state index contributed by atoms with van der Waals surface area (Å²) >= 11 is 0.897. The van der Waals surface area contributed by atoms with E-state index < -0.39 is 16.0 Å². The second kappa shape index (κ2) is 7.11. The van der Waals surface area contributed by atoms with Crippen molar-refractivity contribution < 1.29 is 22.7 Å². The molecule has 0 aliphatic heterocycles. The molecule has 7 nitrogen and oxygen atoms in total. The van der Waals surface area contributed by atoms with Crippen LogP contribution in [0.4, 0.5) is 0 Å². The van der Waals surface area contributed by atoms with E-state index in [4.69, 9.17) is 4.74 Å². The van der Waals surface area contributed by atoms with Crippen LogP contribution in [0.3, 0.4) is 0 Å². The third kappa shape index (κ3) is 3.54. The fourth-order valence-electron chi connectivity index (χ4n) is 1.59. The molecule has 0 aliphatic carbocycles. The predicted octanol–water partition coefficient (Wildman–Crippen LogP) is 0.975. The lowest BCUT2D eigenvalue weighted by Crippen LogP contribution is -2.39. The summed E-state index contributed by atoms with van der Waals surface area (Å²) in [6, 6.07) is -0.261. The average molecular weight is 322 g/mol. The van der Waals surface area contributed by atoms with Crippen LogP contribution in [0.25, 0.3) is 0 Å². The van der Waals surface area contributed by atoms with Crippen LogP contribution in [-0.2, 0) is 19.5 Å². The Morgan fingerprint density at radius 2 is 2.10 bits per heavy atom. The third-order valence-electron chi connectivity index (χ3n) is 2.55. The lowest BCUT2D eigenvalue weighted by atomic mass is 10.4. The van der Waals surface area contributed by atoms with E-state index in [1.807, 2.05) is 0 Å². The summed E-state index contributed by atoms with van der Waals surface area (Å²) in [7, 11) is -1.13. The minimum Gasteiger partial charge on any atom is -0.464 e. The fourth-order valence-corrected chi connectivity index (χ4v) is 4.46. The number of hydrogen-bond donors (Lipinski definition) is 0. The second-order valence-corrected chi connectivity index (χ2v) is 7.12. The van der Waals surface area contributed by atoms with E-state index in [9.17, 15) is 13.2 Å². The van der Waals surface area contributed by atoms with Gasteiger partial charge in [-0.05, 0) is 13.8 Å². The summed E-state index contributed by atoms with van der Waals surface area (Å²) in [5.74, 6) is -0.764. The highest BCUT2D eigenvalue weighted by Crippen LogP contribution is 2.26. The van der Waals surface area contributed by atoms with Gasteiger partial charge in [0.25, 0.3) is 10.0 Å². The summed E-state index contributed by atoms with van der Waals surface area (Å²) < 4.78 is 35.9. The lowest BCUT2D eigenvalue weighted by Gasteiger charge is -2.24. The van der Waals surface area contributed by atoms with Crippen molar-refractivity contribution in [3.63, 3.8) is 0 Å². The van der Waals surface area contributed by atoms with Crippen molar-refractivity contribution in [3.05, 3.63) is 11.2 Å². The molecule has 0 bridgehead atoms. The zero-order chi connectivity index (χ0) is 15.3. The van der Waals surface area contributed by atoms with Crippen LogP contribution in [0, 0.1) is 0 Å². The Morgan fingerprint density at radius 3 is 2.60 bits per heavy atom. The van der Waals surface area contributed by atoms with Gasteiger partial charge in [-0.3, -0.25) is 0 Å². The molecule has 1 heterocycles. The van der Waals surface area contributed by atoms with E-state index in [-0.39, 0.29) is 29.1 Å². The molecule has 0 amide bonds. The summed E-state index contributed by atoms with van der Waals surface area (Å²) in [6.07, 6.45) is 0. The molecule has 0 saturated heterocycles. The molecule has 9 heteroatoms. The number of carbonyl (C=O) groups is 1. The molecule has 0 N–H and O–H groups in total. The Kier molecular flexibility index (Phi) is 6.06. The maximum Gasteiger partial charge on any atom is 0.358 e. The first-order valence-corrected chi connectivity index (χ1v) is 8.20. The Bertz CT molecular complexity index is 553. The average Bonchev–Trinajstić information content (AvgIpc) is 2.87. The molecule has 1 aromatic rings. The Hall–Kier alpha value is -1.03. The molecule has 1 rings (SSSR count). The quantitative estimate of drug-likeness (QED) is 0.696. The van der Waals surface area contributed by atoms with Crippen molar-refractivity contribution in [2.45, 2.75) is 24.1 Å². The van der Waals surface area contributed by atoms with Crippen molar-refractivity contribution in [3.8, 4) is 0 Å². The van der Waals surface area contributed by atoms with Crippen molar-refractivity contribution in [2.24, 2.45) is 0 Å². The molecule has 0 spiro atoms. The van der Waals surface area contributed by atoms with Crippen molar-refractivity contribution in [1.82, 2.24) is 9.29 Å². The number of ether oxygens (including phenoxy) is 2. The normalized spacial score (nSPS) is 12.1. The molecular formula is C11H18N2O5S2. The number of aromatic nitrogens is 1. The van der Waals surface area contributed by atoms with Gasteiger partial charge in [-0.15, -0.1) is 11.3 Å².